The van der Waals surface area contributed by atoms with Crippen LogP contribution in [0.5, 0.6) is 0 Å². The minimum Gasteiger partial charge on any atom is -0.444 e. The summed E-state index contributed by atoms with van der Waals surface area (Å²) in [4.78, 5) is 13.9. The average molecular weight is 301 g/mol. The summed E-state index contributed by atoms with van der Waals surface area (Å²) in [7, 11) is 0. The van der Waals surface area contributed by atoms with Gasteiger partial charge in [-0.1, -0.05) is 13.3 Å². The molecule has 0 aliphatic carbocycles. The number of unbranched alkanes of at least 4 members (excludes halogenated alkanes) is 1. The maximum absolute atomic E-state index is 12.2. The third-order valence-electron chi connectivity index (χ3n) is 3.25. The van der Waals surface area contributed by atoms with Crippen LogP contribution in [-0.4, -0.2) is 55.1 Å². The second-order valence-corrected chi connectivity index (χ2v) is 6.71. The SMILES string of the molecule is CCCCOC[C@H]1CN(C(=O)OC(C)(C)C)CC[C@@H](C)O1. The van der Waals surface area contributed by atoms with Crippen molar-refractivity contribution in [3.05, 3.63) is 0 Å². The maximum Gasteiger partial charge on any atom is 0.410 e. The van der Waals surface area contributed by atoms with Crippen molar-refractivity contribution in [3.8, 4) is 0 Å². The third-order valence-corrected chi connectivity index (χ3v) is 3.25. The van der Waals surface area contributed by atoms with Crippen molar-refractivity contribution in [1.29, 1.82) is 0 Å². The predicted octanol–water partition coefficient (Wildman–Crippen LogP) is 3.22. The fourth-order valence-electron chi connectivity index (χ4n) is 2.16. The van der Waals surface area contributed by atoms with Crippen molar-refractivity contribution in [1.82, 2.24) is 4.90 Å². The second-order valence-electron chi connectivity index (χ2n) is 6.71. The van der Waals surface area contributed by atoms with E-state index in [9.17, 15) is 4.79 Å². The van der Waals surface area contributed by atoms with Gasteiger partial charge in [0.25, 0.3) is 0 Å². The molecule has 0 aromatic carbocycles. The molecule has 1 saturated heterocycles. The number of rotatable bonds is 5. The highest BCUT2D eigenvalue weighted by molar-refractivity contribution is 5.68. The van der Waals surface area contributed by atoms with Crippen LogP contribution in [-0.2, 0) is 14.2 Å². The zero-order valence-electron chi connectivity index (χ0n) is 14.2. The van der Waals surface area contributed by atoms with Crippen molar-refractivity contribution in [2.24, 2.45) is 0 Å². The van der Waals surface area contributed by atoms with E-state index in [0.29, 0.717) is 19.7 Å². The van der Waals surface area contributed by atoms with Crippen molar-refractivity contribution >= 4 is 6.09 Å². The van der Waals surface area contributed by atoms with E-state index in [1.165, 1.54) is 0 Å². The fourth-order valence-corrected chi connectivity index (χ4v) is 2.16. The lowest BCUT2D eigenvalue weighted by Crippen LogP contribution is -2.41. The molecule has 5 nitrogen and oxygen atoms in total. The predicted molar refractivity (Wildman–Crippen MR) is 82.5 cm³/mol. The molecule has 21 heavy (non-hydrogen) atoms. The van der Waals surface area contributed by atoms with Gasteiger partial charge in [-0.25, -0.2) is 4.79 Å². The van der Waals surface area contributed by atoms with Crippen LogP contribution in [0.3, 0.4) is 0 Å². The molecule has 0 bridgehead atoms. The van der Waals surface area contributed by atoms with Crippen LogP contribution in [0.4, 0.5) is 4.79 Å². The molecular formula is C16H31NO4. The van der Waals surface area contributed by atoms with Crippen molar-refractivity contribution in [3.63, 3.8) is 0 Å². The molecular weight excluding hydrogens is 270 g/mol. The molecule has 0 unspecified atom stereocenters. The molecule has 5 heteroatoms. The molecule has 1 amide bonds. The van der Waals surface area contributed by atoms with E-state index in [0.717, 1.165) is 25.9 Å². The average Bonchev–Trinajstić information content (AvgIpc) is 2.54. The number of nitrogens with zero attached hydrogens (tertiary/aromatic N) is 1. The first-order valence-corrected chi connectivity index (χ1v) is 8.03. The standard InChI is InChI=1S/C16H31NO4/c1-6-7-10-19-12-14-11-17(9-8-13(2)20-14)15(18)21-16(3,4)5/h13-14H,6-12H2,1-5H3/t13-,14-/m1/s1. The Labute approximate surface area is 128 Å². The first-order chi connectivity index (χ1) is 9.81. The Morgan fingerprint density at radius 3 is 2.71 bits per heavy atom. The summed E-state index contributed by atoms with van der Waals surface area (Å²) in [5, 5.41) is 0. The van der Waals surface area contributed by atoms with E-state index in [2.05, 4.69) is 6.92 Å². The van der Waals surface area contributed by atoms with Gasteiger partial charge in [0.1, 0.15) is 5.60 Å². The summed E-state index contributed by atoms with van der Waals surface area (Å²) in [5.41, 5.74) is -0.469. The third kappa shape index (κ3) is 7.67. The maximum atomic E-state index is 12.2. The molecule has 0 saturated carbocycles. The monoisotopic (exact) mass is 301 g/mol. The van der Waals surface area contributed by atoms with Gasteiger partial charge in [0.15, 0.2) is 0 Å². The van der Waals surface area contributed by atoms with Crippen LogP contribution < -0.4 is 0 Å². The fraction of sp³-hybridized carbons (Fsp3) is 0.938. The molecule has 0 N–H and O–H groups in total. The molecule has 0 radical (unpaired) electrons. The molecule has 0 spiro atoms. The lowest BCUT2D eigenvalue weighted by atomic mass is 10.2. The lowest BCUT2D eigenvalue weighted by Gasteiger charge is -2.27. The highest BCUT2D eigenvalue weighted by Crippen LogP contribution is 2.16. The van der Waals surface area contributed by atoms with Crippen molar-refractivity contribution in [2.75, 3.05) is 26.3 Å². The summed E-state index contributed by atoms with van der Waals surface area (Å²) in [6.45, 7) is 12.3. The van der Waals surface area contributed by atoms with E-state index in [-0.39, 0.29) is 18.3 Å². The Kier molecular flexibility index (Phi) is 7.46. The molecule has 2 atom stereocenters. The zero-order valence-corrected chi connectivity index (χ0v) is 14.2. The van der Waals surface area contributed by atoms with Gasteiger partial charge in [-0.15, -0.1) is 0 Å². The van der Waals surface area contributed by atoms with Crippen LogP contribution in [0.2, 0.25) is 0 Å². The summed E-state index contributed by atoms with van der Waals surface area (Å²) in [6.07, 6.45) is 2.79. The summed E-state index contributed by atoms with van der Waals surface area (Å²) >= 11 is 0. The zero-order chi connectivity index (χ0) is 15.9. The second kappa shape index (κ2) is 8.59. The number of carbonyl (C=O) groups is 1. The topological polar surface area (TPSA) is 48.0 Å². The number of carbonyl (C=O) groups excluding carboxylic acids is 1. The molecule has 1 heterocycles. The van der Waals surface area contributed by atoms with E-state index in [1.54, 1.807) is 4.90 Å². The summed E-state index contributed by atoms with van der Waals surface area (Å²) < 4.78 is 17.0. The normalized spacial score (nSPS) is 23.8. The van der Waals surface area contributed by atoms with Gasteiger partial charge < -0.3 is 19.1 Å². The summed E-state index contributed by atoms with van der Waals surface area (Å²) in [5.74, 6) is 0. The molecule has 0 aromatic rings. The first-order valence-electron chi connectivity index (χ1n) is 8.03. The number of hydrogen-bond donors (Lipinski definition) is 0. The van der Waals surface area contributed by atoms with Crippen LogP contribution in [0.1, 0.15) is 53.9 Å². The lowest BCUT2D eigenvalue weighted by molar-refractivity contribution is -0.0491. The molecule has 1 aliphatic rings. The van der Waals surface area contributed by atoms with Gasteiger partial charge in [-0.05, 0) is 40.5 Å². The van der Waals surface area contributed by atoms with Gasteiger partial charge in [0, 0.05) is 13.2 Å². The molecule has 1 rings (SSSR count). The van der Waals surface area contributed by atoms with Crippen LogP contribution in [0.25, 0.3) is 0 Å². The molecule has 124 valence electrons. The highest BCUT2D eigenvalue weighted by Gasteiger charge is 2.28. The largest absolute Gasteiger partial charge is 0.444 e. The van der Waals surface area contributed by atoms with Crippen LogP contribution >= 0.6 is 0 Å². The number of ether oxygens (including phenoxy) is 3. The highest BCUT2D eigenvalue weighted by atomic mass is 16.6. The van der Waals surface area contributed by atoms with E-state index >= 15 is 0 Å². The number of amides is 1. The van der Waals surface area contributed by atoms with Gasteiger partial charge >= 0.3 is 6.09 Å². The first kappa shape index (κ1) is 18.2. The Morgan fingerprint density at radius 1 is 1.38 bits per heavy atom. The van der Waals surface area contributed by atoms with Gasteiger partial charge in [0.2, 0.25) is 0 Å². The van der Waals surface area contributed by atoms with Gasteiger partial charge in [-0.2, -0.15) is 0 Å². The summed E-state index contributed by atoms with van der Waals surface area (Å²) in [6, 6.07) is 0. The Hall–Kier alpha value is -0.810. The van der Waals surface area contributed by atoms with Crippen molar-refractivity contribution in [2.45, 2.75) is 71.7 Å². The Balaban J connectivity index is 2.51. The van der Waals surface area contributed by atoms with E-state index < -0.39 is 5.60 Å². The van der Waals surface area contributed by atoms with E-state index in [4.69, 9.17) is 14.2 Å². The Morgan fingerprint density at radius 2 is 2.10 bits per heavy atom. The minimum absolute atomic E-state index is 0.0770. The van der Waals surface area contributed by atoms with Crippen LogP contribution in [0.15, 0.2) is 0 Å². The molecule has 0 aromatic heterocycles. The van der Waals surface area contributed by atoms with Crippen LogP contribution in [0, 0.1) is 0 Å². The van der Waals surface area contributed by atoms with Crippen molar-refractivity contribution < 1.29 is 19.0 Å². The minimum atomic E-state index is -0.469. The van der Waals surface area contributed by atoms with Gasteiger partial charge in [0.05, 0.1) is 25.4 Å². The molecule has 1 fully saturated rings. The quantitative estimate of drug-likeness (QED) is 0.732. The Bertz CT molecular complexity index is 314. The smallest absolute Gasteiger partial charge is 0.410 e. The van der Waals surface area contributed by atoms with E-state index in [1.807, 2.05) is 27.7 Å². The van der Waals surface area contributed by atoms with Gasteiger partial charge in [-0.3, -0.25) is 0 Å². The number of hydrogen-bond acceptors (Lipinski definition) is 4. The molecule has 1 aliphatic heterocycles.